The number of hydrogen-bond donors (Lipinski definition) is 1. The van der Waals surface area contributed by atoms with E-state index in [1.165, 1.54) is 12.3 Å². The van der Waals surface area contributed by atoms with Crippen LogP contribution >= 0.6 is 0 Å². The van der Waals surface area contributed by atoms with Crippen LogP contribution in [0.5, 0.6) is 0 Å². The Labute approximate surface area is 169 Å². The van der Waals surface area contributed by atoms with Gasteiger partial charge in [0.25, 0.3) is 0 Å². The Morgan fingerprint density at radius 1 is 1.24 bits per heavy atom. The highest BCUT2D eigenvalue weighted by atomic mass is 19.1. The van der Waals surface area contributed by atoms with Gasteiger partial charge < -0.3 is 9.64 Å². The first-order valence-corrected chi connectivity index (χ1v) is 10.1. The number of anilines is 2. The molecule has 4 rings (SSSR count). The zero-order chi connectivity index (χ0) is 20.5. The molecular formula is C21H26FN5O2. The highest BCUT2D eigenvalue weighted by molar-refractivity contribution is 5.86. The van der Waals surface area contributed by atoms with Gasteiger partial charge in [-0.3, -0.25) is 10.3 Å². The van der Waals surface area contributed by atoms with Crippen LogP contribution in [0.2, 0.25) is 0 Å². The van der Waals surface area contributed by atoms with E-state index in [0.29, 0.717) is 36.1 Å². The summed E-state index contributed by atoms with van der Waals surface area (Å²) in [5.74, 6) is 0.366. The van der Waals surface area contributed by atoms with Crippen molar-refractivity contribution in [3.05, 3.63) is 40.7 Å². The third kappa shape index (κ3) is 4.16. The van der Waals surface area contributed by atoms with Crippen molar-refractivity contribution in [2.45, 2.75) is 65.0 Å². The topological polar surface area (TPSA) is 80.2 Å². The molecule has 1 aliphatic carbocycles. The highest BCUT2D eigenvalue weighted by Gasteiger charge is 2.27. The fraction of sp³-hybridized carbons (Fsp3) is 0.524. The number of nitrogens with zero attached hydrogens (tertiary/aromatic N) is 4. The van der Waals surface area contributed by atoms with E-state index in [1.807, 2.05) is 18.7 Å². The number of aryl methyl sites for hydroxylation is 2. The third-order valence-corrected chi connectivity index (χ3v) is 5.64. The zero-order valence-corrected chi connectivity index (χ0v) is 17.0. The van der Waals surface area contributed by atoms with Crippen molar-refractivity contribution in [2.75, 3.05) is 16.8 Å². The Morgan fingerprint density at radius 3 is 2.62 bits per heavy atom. The van der Waals surface area contributed by atoms with Crippen molar-refractivity contribution in [3.63, 3.8) is 0 Å². The Hall–Kier alpha value is -2.77. The first kappa shape index (κ1) is 19.5. The summed E-state index contributed by atoms with van der Waals surface area (Å²) >= 11 is 0. The van der Waals surface area contributed by atoms with Crippen LogP contribution in [-0.4, -0.2) is 33.7 Å². The van der Waals surface area contributed by atoms with Crippen molar-refractivity contribution >= 4 is 17.7 Å². The summed E-state index contributed by atoms with van der Waals surface area (Å²) in [4.78, 5) is 27.7. The third-order valence-electron chi connectivity index (χ3n) is 5.64. The van der Waals surface area contributed by atoms with Crippen molar-refractivity contribution in [2.24, 2.45) is 0 Å². The maximum Gasteiger partial charge on any atom is 0.412 e. The van der Waals surface area contributed by atoms with Crippen molar-refractivity contribution < 1.29 is 13.9 Å². The zero-order valence-electron chi connectivity index (χ0n) is 17.0. The van der Waals surface area contributed by atoms with Crippen LogP contribution in [0.15, 0.2) is 12.3 Å². The number of amides is 1. The molecule has 1 unspecified atom stereocenters. The number of hydrogen-bond acceptors (Lipinski definition) is 6. The molecular weight excluding hydrogens is 373 g/mol. The molecule has 3 heterocycles. The summed E-state index contributed by atoms with van der Waals surface area (Å²) in [6, 6.07) is 1.53. The lowest BCUT2D eigenvalue weighted by Gasteiger charge is -2.32. The molecule has 1 fully saturated rings. The predicted molar refractivity (Wildman–Crippen MR) is 108 cm³/mol. The van der Waals surface area contributed by atoms with Gasteiger partial charge in [0.15, 0.2) is 0 Å². The molecule has 2 aromatic heterocycles. The van der Waals surface area contributed by atoms with Gasteiger partial charge in [-0.2, -0.15) is 0 Å². The molecule has 0 aromatic carbocycles. The molecule has 1 N–H and O–H groups in total. The van der Waals surface area contributed by atoms with E-state index in [-0.39, 0.29) is 17.8 Å². The Balaban J connectivity index is 1.51. The van der Waals surface area contributed by atoms with Gasteiger partial charge >= 0.3 is 6.09 Å². The quantitative estimate of drug-likeness (QED) is 0.831. The highest BCUT2D eigenvalue weighted by Crippen LogP contribution is 2.30. The number of aromatic nitrogens is 3. The van der Waals surface area contributed by atoms with Crippen LogP contribution in [0.1, 0.15) is 61.2 Å². The number of carbonyl (C=O) groups excluding carboxylic acids is 1. The van der Waals surface area contributed by atoms with Gasteiger partial charge in [-0.05, 0) is 51.2 Å². The van der Waals surface area contributed by atoms with E-state index in [4.69, 9.17) is 4.74 Å². The number of pyridine rings is 1. The minimum atomic E-state index is -0.457. The summed E-state index contributed by atoms with van der Waals surface area (Å²) in [5, 5.41) is 2.80. The molecule has 0 bridgehead atoms. The second kappa shape index (κ2) is 7.93. The molecule has 1 amide bonds. The van der Waals surface area contributed by atoms with Crippen LogP contribution in [-0.2, 0) is 11.3 Å². The first-order chi connectivity index (χ1) is 13.9. The van der Waals surface area contributed by atoms with Gasteiger partial charge in [0.1, 0.15) is 11.9 Å². The lowest BCUT2D eigenvalue weighted by molar-refractivity contribution is 0.114. The van der Waals surface area contributed by atoms with Crippen LogP contribution in [0, 0.1) is 19.7 Å². The van der Waals surface area contributed by atoms with Gasteiger partial charge in [-0.25, -0.2) is 19.2 Å². The van der Waals surface area contributed by atoms with Gasteiger partial charge in [-0.1, -0.05) is 6.92 Å². The summed E-state index contributed by atoms with van der Waals surface area (Å²) in [6.07, 6.45) is 4.85. The molecule has 8 heteroatoms. The molecule has 0 saturated heterocycles. The smallest absolute Gasteiger partial charge is 0.412 e. The summed E-state index contributed by atoms with van der Waals surface area (Å²) < 4.78 is 19.1. The number of rotatable bonds is 3. The minimum absolute atomic E-state index is 0.000264. The van der Waals surface area contributed by atoms with Crippen molar-refractivity contribution in [1.29, 1.82) is 0 Å². The lowest BCUT2D eigenvalue weighted by Crippen LogP contribution is -2.35. The second-order valence-corrected chi connectivity index (χ2v) is 7.99. The number of halogens is 1. The molecule has 1 saturated carbocycles. The molecule has 7 nitrogen and oxygen atoms in total. The van der Waals surface area contributed by atoms with E-state index >= 15 is 0 Å². The fourth-order valence-electron chi connectivity index (χ4n) is 4.21. The summed E-state index contributed by atoms with van der Waals surface area (Å²) in [5.41, 5.74) is 3.70. The maximum absolute atomic E-state index is 13.6. The predicted octanol–water partition coefficient (Wildman–Crippen LogP) is 4.24. The van der Waals surface area contributed by atoms with Crippen LogP contribution < -0.4 is 10.2 Å². The Morgan fingerprint density at radius 2 is 1.93 bits per heavy atom. The van der Waals surface area contributed by atoms with Gasteiger partial charge in [-0.15, -0.1) is 0 Å². The van der Waals surface area contributed by atoms with Crippen molar-refractivity contribution in [3.8, 4) is 0 Å². The van der Waals surface area contributed by atoms with Crippen molar-refractivity contribution in [1.82, 2.24) is 15.0 Å². The largest absolute Gasteiger partial charge is 0.446 e. The Bertz CT molecular complexity index is 906. The molecule has 154 valence electrons. The van der Waals surface area contributed by atoms with E-state index < -0.39 is 6.09 Å². The summed E-state index contributed by atoms with van der Waals surface area (Å²) in [6.45, 7) is 6.93. The second-order valence-electron chi connectivity index (χ2n) is 7.99. The molecule has 2 aromatic rings. The monoisotopic (exact) mass is 399 g/mol. The van der Waals surface area contributed by atoms with Crippen LogP contribution in [0.25, 0.3) is 0 Å². The van der Waals surface area contributed by atoms with Crippen LogP contribution in [0.4, 0.5) is 20.8 Å². The molecule has 29 heavy (non-hydrogen) atoms. The number of fused-ring (bicyclic) bond motifs is 1. The molecule has 0 radical (unpaired) electrons. The van der Waals surface area contributed by atoms with Gasteiger partial charge in [0, 0.05) is 19.0 Å². The lowest BCUT2D eigenvalue weighted by atomic mass is 9.96. The molecule has 0 spiro atoms. The summed E-state index contributed by atoms with van der Waals surface area (Å²) in [7, 11) is 0. The minimum Gasteiger partial charge on any atom is -0.446 e. The first-order valence-electron chi connectivity index (χ1n) is 10.1. The SMILES string of the molecule is Cc1nc(N2Cc3cc(F)cnc3C(C)C2)nc(C)c1NC(=O)OC1CCCC1. The number of carbonyl (C=O) groups is 1. The van der Waals surface area contributed by atoms with E-state index in [0.717, 1.165) is 36.9 Å². The number of nitrogens with one attached hydrogen (secondary N) is 1. The average Bonchev–Trinajstić information content (AvgIpc) is 3.17. The maximum atomic E-state index is 13.6. The Kier molecular flexibility index (Phi) is 5.34. The standard InChI is InChI=1S/C21H26FN5O2/c1-12-10-27(11-15-8-16(22)9-23-18(12)15)20-24-13(2)19(14(3)25-20)26-21(28)29-17-6-4-5-7-17/h8-9,12,17H,4-7,10-11H2,1-3H3,(H,26,28). The average molecular weight is 399 g/mol. The van der Waals surface area contributed by atoms with E-state index in [1.54, 1.807) is 0 Å². The van der Waals surface area contributed by atoms with Crippen LogP contribution in [0.3, 0.4) is 0 Å². The number of ether oxygens (including phenoxy) is 1. The van der Waals surface area contributed by atoms with E-state index in [9.17, 15) is 9.18 Å². The molecule has 1 aliphatic heterocycles. The fourth-order valence-corrected chi connectivity index (χ4v) is 4.21. The molecule has 2 aliphatic rings. The normalized spacial score (nSPS) is 19.2. The van der Waals surface area contributed by atoms with Gasteiger partial charge in [0.05, 0.1) is 29.0 Å². The molecule has 1 atom stereocenters. The van der Waals surface area contributed by atoms with E-state index in [2.05, 4.69) is 27.2 Å². The van der Waals surface area contributed by atoms with Gasteiger partial charge in [0.2, 0.25) is 5.95 Å².